The molecule has 0 unspecified atom stereocenters. The summed E-state index contributed by atoms with van der Waals surface area (Å²) in [6, 6.07) is 14.8. The van der Waals surface area contributed by atoms with Crippen LogP contribution in [0.25, 0.3) is 11.3 Å². The topological polar surface area (TPSA) is 92.3 Å². The summed E-state index contributed by atoms with van der Waals surface area (Å²) in [6.07, 6.45) is 2.56. The van der Waals surface area contributed by atoms with Gasteiger partial charge >= 0.3 is 0 Å². The second kappa shape index (κ2) is 9.09. The second-order valence-corrected chi connectivity index (χ2v) is 6.48. The number of aromatic amines is 1. The molecule has 0 amide bonds. The van der Waals surface area contributed by atoms with Crippen LogP contribution >= 0.6 is 15.9 Å². The molecule has 1 aromatic heterocycles. The van der Waals surface area contributed by atoms with Gasteiger partial charge in [-0.1, -0.05) is 37.3 Å². The first-order valence-corrected chi connectivity index (χ1v) is 9.20. The number of hydrogen-bond donors (Lipinski definition) is 2. The Morgan fingerprint density at radius 3 is 2.74 bits per heavy atom. The van der Waals surface area contributed by atoms with Gasteiger partial charge in [0, 0.05) is 5.56 Å². The SMILES string of the molecule is CCCOc1ccc(/C=N/Nc2nnc(-c3ccccc3)c(=O)[nH]2)cc1Br. The lowest BCUT2D eigenvalue weighted by molar-refractivity contribution is 0.315. The maximum Gasteiger partial charge on any atom is 0.279 e. The molecule has 8 heteroatoms. The van der Waals surface area contributed by atoms with Crippen LogP contribution in [0.3, 0.4) is 0 Å². The Hall–Kier alpha value is -3.00. The van der Waals surface area contributed by atoms with E-state index in [2.05, 4.69) is 48.6 Å². The molecule has 0 spiro atoms. The Morgan fingerprint density at radius 2 is 2.04 bits per heavy atom. The van der Waals surface area contributed by atoms with Crippen LogP contribution in [0.2, 0.25) is 0 Å². The van der Waals surface area contributed by atoms with Gasteiger partial charge in [-0.25, -0.2) is 5.43 Å². The van der Waals surface area contributed by atoms with Gasteiger partial charge in [0.1, 0.15) is 5.75 Å². The first kappa shape index (κ1) is 18.8. The third-order valence-electron chi connectivity index (χ3n) is 3.55. The second-order valence-electron chi connectivity index (χ2n) is 5.63. The number of ether oxygens (including phenoxy) is 1. The first-order chi connectivity index (χ1) is 13.2. The van der Waals surface area contributed by atoms with Crippen molar-refractivity contribution in [3.8, 4) is 17.0 Å². The highest BCUT2D eigenvalue weighted by atomic mass is 79.9. The van der Waals surface area contributed by atoms with E-state index >= 15 is 0 Å². The summed E-state index contributed by atoms with van der Waals surface area (Å²) in [4.78, 5) is 14.8. The molecule has 0 aliphatic carbocycles. The Bertz CT molecular complexity index is 989. The first-order valence-electron chi connectivity index (χ1n) is 8.41. The van der Waals surface area contributed by atoms with Crippen molar-refractivity contribution in [1.82, 2.24) is 15.2 Å². The molecule has 0 bridgehead atoms. The molecular weight excluding hydrogens is 410 g/mol. The van der Waals surface area contributed by atoms with Crippen molar-refractivity contribution in [2.24, 2.45) is 5.10 Å². The van der Waals surface area contributed by atoms with Crippen LogP contribution in [0.5, 0.6) is 5.75 Å². The standard InChI is InChI=1S/C19H18BrN5O2/c1-2-10-27-16-9-8-13(11-15(16)20)12-21-24-19-22-18(26)17(23-25-19)14-6-4-3-5-7-14/h3-9,11-12H,2,10H2,1H3,(H2,22,24,25,26)/b21-12+. The zero-order valence-electron chi connectivity index (χ0n) is 14.6. The van der Waals surface area contributed by atoms with E-state index < -0.39 is 0 Å². The van der Waals surface area contributed by atoms with Crippen LogP contribution in [0.15, 0.2) is 62.9 Å². The number of aromatic nitrogens is 3. The van der Waals surface area contributed by atoms with Crippen LogP contribution in [0.1, 0.15) is 18.9 Å². The van der Waals surface area contributed by atoms with Gasteiger partial charge in [0.2, 0.25) is 5.95 Å². The molecule has 2 aromatic carbocycles. The van der Waals surface area contributed by atoms with Gasteiger partial charge in [-0.2, -0.15) is 5.10 Å². The number of rotatable bonds is 7. The van der Waals surface area contributed by atoms with E-state index in [1.165, 1.54) is 0 Å². The molecule has 0 saturated heterocycles. The average Bonchev–Trinajstić information content (AvgIpc) is 2.68. The lowest BCUT2D eigenvalue weighted by Gasteiger charge is -2.07. The number of H-pyrrole nitrogens is 1. The Kier molecular flexibility index (Phi) is 6.32. The third kappa shape index (κ3) is 5.01. The number of nitrogens with one attached hydrogen (secondary N) is 2. The Morgan fingerprint density at radius 1 is 1.22 bits per heavy atom. The normalized spacial score (nSPS) is 10.9. The van der Waals surface area contributed by atoms with Crippen molar-refractivity contribution < 1.29 is 4.74 Å². The van der Waals surface area contributed by atoms with E-state index in [4.69, 9.17) is 4.74 Å². The van der Waals surface area contributed by atoms with Crippen molar-refractivity contribution in [3.63, 3.8) is 0 Å². The summed E-state index contributed by atoms with van der Waals surface area (Å²) in [5.74, 6) is 0.951. The molecule has 0 aliphatic heterocycles. The Labute approximate surface area is 164 Å². The summed E-state index contributed by atoms with van der Waals surface area (Å²) in [6.45, 7) is 2.72. The summed E-state index contributed by atoms with van der Waals surface area (Å²) >= 11 is 3.48. The highest BCUT2D eigenvalue weighted by Gasteiger charge is 2.06. The minimum Gasteiger partial charge on any atom is -0.492 e. The van der Waals surface area contributed by atoms with E-state index in [0.29, 0.717) is 12.2 Å². The van der Waals surface area contributed by atoms with Crippen molar-refractivity contribution >= 4 is 28.1 Å². The molecule has 3 rings (SSSR count). The molecule has 2 N–H and O–H groups in total. The van der Waals surface area contributed by atoms with Gasteiger partial charge in [-0.15, -0.1) is 10.2 Å². The predicted molar refractivity (Wildman–Crippen MR) is 109 cm³/mol. The van der Waals surface area contributed by atoms with Crippen LogP contribution in [0.4, 0.5) is 5.95 Å². The molecule has 0 radical (unpaired) electrons. The highest BCUT2D eigenvalue weighted by molar-refractivity contribution is 9.10. The van der Waals surface area contributed by atoms with Gasteiger partial charge in [0.15, 0.2) is 5.69 Å². The van der Waals surface area contributed by atoms with Crippen molar-refractivity contribution in [1.29, 1.82) is 0 Å². The van der Waals surface area contributed by atoms with Crippen molar-refractivity contribution in [2.45, 2.75) is 13.3 Å². The summed E-state index contributed by atoms with van der Waals surface area (Å²) in [5, 5.41) is 12.0. The largest absolute Gasteiger partial charge is 0.492 e. The third-order valence-corrected chi connectivity index (χ3v) is 4.17. The highest BCUT2D eigenvalue weighted by Crippen LogP contribution is 2.25. The molecule has 7 nitrogen and oxygen atoms in total. The molecule has 0 atom stereocenters. The summed E-state index contributed by atoms with van der Waals surface area (Å²) in [7, 11) is 0. The number of halogens is 1. The van der Waals surface area contributed by atoms with Crippen LogP contribution < -0.4 is 15.7 Å². The number of hydrazone groups is 1. The van der Waals surface area contributed by atoms with E-state index in [0.717, 1.165) is 22.2 Å². The maximum atomic E-state index is 12.2. The number of anilines is 1. The molecule has 27 heavy (non-hydrogen) atoms. The van der Waals surface area contributed by atoms with E-state index in [-0.39, 0.29) is 17.2 Å². The molecule has 1 heterocycles. The van der Waals surface area contributed by atoms with Gasteiger partial charge in [-0.05, 0) is 46.1 Å². The van der Waals surface area contributed by atoms with Gasteiger partial charge in [-0.3, -0.25) is 9.78 Å². The molecule has 138 valence electrons. The number of benzene rings is 2. The summed E-state index contributed by atoms with van der Waals surface area (Å²) in [5.41, 5.74) is 4.16. The molecule has 0 aliphatic rings. The van der Waals surface area contributed by atoms with E-state index in [1.54, 1.807) is 18.3 Å². The van der Waals surface area contributed by atoms with Crippen LogP contribution in [-0.2, 0) is 0 Å². The van der Waals surface area contributed by atoms with Crippen LogP contribution in [0, 0.1) is 0 Å². The minimum atomic E-state index is -0.339. The maximum absolute atomic E-state index is 12.2. The lowest BCUT2D eigenvalue weighted by Crippen LogP contribution is -2.15. The van der Waals surface area contributed by atoms with Gasteiger partial charge < -0.3 is 4.74 Å². The summed E-state index contributed by atoms with van der Waals surface area (Å²) < 4.78 is 6.46. The quantitative estimate of drug-likeness (QED) is 0.441. The smallest absolute Gasteiger partial charge is 0.279 e. The van der Waals surface area contributed by atoms with Gasteiger partial charge in [0.25, 0.3) is 5.56 Å². The van der Waals surface area contributed by atoms with Crippen LogP contribution in [-0.4, -0.2) is 28.0 Å². The Balaban J connectivity index is 1.67. The number of hydrogen-bond acceptors (Lipinski definition) is 6. The van der Waals surface area contributed by atoms with E-state index in [9.17, 15) is 4.79 Å². The average molecular weight is 428 g/mol. The van der Waals surface area contributed by atoms with E-state index in [1.807, 2.05) is 36.4 Å². The minimum absolute atomic E-state index is 0.165. The fourth-order valence-electron chi connectivity index (χ4n) is 2.27. The predicted octanol–water partition coefficient (Wildman–Crippen LogP) is 3.83. The van der Waals surface area contributed by atoms with Gasteiger partial charge in [0.05, 0.1) is 17.3 Å². The fraction of sp³-hybridized carbons (Fsp3) is 0.158. The molecule has 0 fully saturated rings. The molecular formula is C19H18BrN5O2. The lowest BCUT2D eigenvalue weighted by atomic mass is 10.2. The fourth-order valence-corrected chi connectivity index (χ4v) is 2.78. The number of nitrogens with zero attached hydrogens (tertiary/aromatic N) is 3. The zero-order chi connectivity index (χ0) is 19.1. The monoisotopic (exact) mass is 427 g/mol. The zero-order valence-corrected chi connectivity index (χ0v) is 16.2. The van der Waals surface area contributed by atoms with Crippen molar-refractivity contribution in [3.05, 3.63) is 68.9 Å². The van der Waals surface area contributed by atoms with Crippen molar-refractivity contribution in [2.75, 3.05) is 12.0 Å². The molecule has 3 aromatic rings. The molecule has 0 saturated carbocycles.